The Kier molecular flexibility index (Phi) is 8.07. The second kappa shape index (κ2) is 11.4. The Hall–Kier alpha value is -3.50. The first-order valence-corrected chi connectivity index (χ1v) is 15.2. The van der Waals surface area contributed by atoms with Crippen molar-refractivity contribution in [2.24, 2.45) is 0 Å². The lowest BCUT2D eigenvalue weighted by molar-refractivity contribution is -0.147. The smallest absolute Gasteiger partial charge is 0.329 e. The van der Waals surface area contributed by atoms with Gasteiger partial charge < -0.3 is 10.4 Å². The molecule has 0 radical (unpaired) electrons. The minimum absolute atomic E-state index is 0.0275. The van der Waals surface area contributed by atoms with Gasteiger partial charge in [0.1, 0.15) is 11.6 Å². The summed E-state index contributed by atoms with van der Waals surface area (Å²) in [4.78, 5) is 30.6. The third-order valence-electron chi connectivity index (χ3n) is 7.26. The molecule has 212 valence electrons. The van der Waals surface area contributed by atoms with Gasteiger partial charge in [0, 0.05) is 23.9 Å². The van der Waals surface area contributed by atoms with Gasteiger partial charge in [0.2, 0.25) is 15.9 Å². The highest BCUT2D eigenvalue weighted by Crippen LogP contribution is 2.34. The van der Waals surface area contributed by atoms with Crippen LogP contribution in [0.2, 0.25) is 10.0 Å². The van der Waals surface area contributed by atoms with Crippen molar-refractivity contribution < 1.29 is 23.1 Å². The minimum atomic E-state index is -3.92. The molecule has 41 heavy (non-hydrogen) atoms. The summed E-state index contributed by atoms with van der Waals surface area (Å²) in [7, 11) is -3.92. The van der Waals surface area contributed by atoms with Crippen LogP contribution < -0.4 is 5.32 Å². The highest BCUT2D eigenvalue weighted by atomic mass is 35.5. The fourth-order valence-electron chi connectivity index (χ4n) is 5.12. The fraction of sp³-hybridized carbons (Fsp3) is 0.233. The molecule has 2 heterocycles. The standard InChI is InChI=1S/C30H27Cl2N3O5S/c1-30(29(37)38,34-28(36)26-11-6-16-35(26)41(39,40)21-7-3-2-4-8-21)18-19-12-14-24-20(17-19)13-15-25(33-24)27-22(31)9-5-10-23(27)32/h2-5,7-10,12-15,17,26H,6,11,16,18H2,1H3,(H,34,36)(H,37,38)/t26-,30?/m0/s1. The number of carbonyl (C=O) groups excluding carboxylic acids is 1. The lowest BCUT2D eigenvalue weighted by Gasteiger charge is -2.30. The molecule has 1 fully saturated rings. The molecule has 3 aromatic carbocycles. The first kappa shape index (κ1) is 29.0. The van der Waals surface area contributed by atoms with Crippen molar-refractivity contribution in [1.82, 2.24) is 14.6 Å². The zero-order valence-electron chi connectivity index (χ0n) is 22.1. The Morgan fingerprint density at radius 1 is 1.02 bits per heavy atom. The van der Waals surface area contributed by atoms with Gasteiger partial charge in [-0.25, -0.2) is 18.2 Å². The van der Waals surface area contributed by atoms with Gasteiger partial charge in [-0.1, -0.05) is 59.6 Å². The predicted molar refractivity (Wildman–Crippen MR) is 158 cm³/mol. The number of halogens is 2. The highest BCUT2D eigenvalue weighted by molar-refractivity contribution is 7.89. The minimum Gasteiger partial charge on any atom is -0.480 e. The number of aromatic nitrogens is 1. The van der Waals surface area contributed by atoms with Crippen molar-refractivity contribution in [2.75, 3.05) is 6.54 Å². The molecule has 11 heteroatoms. The molecular formula is C30H27Cl2N3O5S. The maximum absolute atomic E-state index is 13.4. The Balaban J connectivity index is 1.37. The molecule has 0 spiro atoms. The van der Waals surface area contributed by atoms with Crippen LogP contribution in [0, 0.1) is 0 Å². The highest BCUT2D eigenvalue weighted by Gasteiger charge is 2.43. The van der Waals surface area contributed by atoms with E-state index in [2.05, 4.69) is 10.3 Å². The van der Waals surface area contributed by atoms with Crippen LogP contribution in [0.4, 0.5) is 0 Å². The van der Waals surface area contributed by atoms with E-state index in [9.17, 15) is 23.1 Å². The van der Waals surface area contributed by atoms with E-state index in [0.717, 1.165) is 9.69 Å². The molecule has 2 N–H and O–H groups in total. The summed E-state index contributed by atoms with van der Waals surface area (Å²) in [5.74, 6) is -1.88. The number of sulfonamides is 1. The monoisotopic (exact) mass is 611 g/mol. The lowest BCUT2D eigenvalue weighted by Crippen LogP contribution is -2.58. The Labute approximate surface area is 248 Å². The van der Waals surface area contributed by atoms with Crippen LogP contribution in [0.5, 0.6) is 0 Å². The van der Waals surface area contributed by atoms with E-state index >= 15 is 0 Å². The topological polar surface area (TPSA) is 117 Å². The van der Waals surface area contributed by atoms with Crippen LogP contribution in [-0.4, -0.2) is 52.8 Å². The first-order valence-electron chi connectivity index (χ1n) is 13.0. The number of hydrogen-bond acceptors (Lipinski definition) is 5. The van der Waals surface area contributed by atoms with Crippen LogP contribution in [-0.2, 0) is 26.0 Å². The van der Waals surface area contributed by atoms with Gasteiger partial charge >= 0.3 is 5.97 Å². The molecule has 1 amide bonds. The maximum atomic E-state index is 13.4. The van der Waals surface area contributed by atoms with E-state index in [4.69, 9.17) is 23.2 Å². The molecule has 5 rings (SSSR count). The van der Waals surface area contributed by atoms with Crippen LogP contribution in [0.3, 0.4) is 0 Å². The van der Waals surface area contributed by atoms with E-state index in [1.807, 2.05) is 12.1 Å². The van der Waals surface area contributed by atoms with Gasteiger partial charge in [0.25, 0.3) is 0 Å². The van der Waals surface area contributed by atoms with Gasteiger partial charge in [0.05, 0.1) is 26.2 Å². The van der Waals surface area contributed by atoms with Crippen LogP contribution in [0.25, 0.3) is 22.2 Å². The molecule has 0 aliphatic carbocycles. The van der Waals surface area contributed by atoms with Crippen molar-refractivity contribution in [3.05, 3.63) is 94.5 Å². The molecule has 1 aromatic heterocycles. The Morgan fingerprint density at radius 3 is 2.41 bits per heavy atom. The van der Waals surface area contributed by atoms with E-state index in [0.29, 0.717) is 45.2 Å². The number of benzene rings is 3. The number of hydrogen-bond donors (Lipinski definition) is 2. The van der Waals surface area contributed by atoms with Crippen LogP contribution >= 0.6 is 23.2 Å². The van der Waals surface area contributed by atoms with E-state index < -0.39 is 33.5 Å². The quantitative estimate of drug-likeness (QED) is 0.269. The third-order valence-corrected chi connectivity index (χ3v) is 9.81. The number of aliphatic carboxylic acids is 1. The zero-order valence-corrected chi connectivity index (χ0v) is 24.4. The largest absolute Gasteiger partial charge is 0.480 e. The zero-order chi connectivity index (χ0) is 29.4. The lowest BCUT2D eigenvalue weighted by atomic mass is 9.91. The average molecular weight is 613 g/mol. The summed E-state index contributed by atoms with van der Waals surface area (Å²) in [5.41, 5.74) is 0.867. The number of nitrogens with one attached hydrogen (secondary N) is 1. The normalized spacial score (nSPS) is 17.3. The Morgan fingerprint density at radius 2 is 1.73 bits per heavy atom. The SMILES string of the molecule is CC(Cc1ccc2nc(-c3c(Cl)cccc3Cl)ccc2c1)(NC(=O)[C@@H]1CCCN1S(=O)(=O)c1ccccc1)C(=O)O. The molecule has 1 saturated heterocycles. The van der Waals surface area contributed by atoms with Crippen molar-refractivity contribution in [2.45, 2.75) is 42.7 Å². The molecule has 0 saturated carbocycles. The predicted octanol–water partition coefficient (Wildman–Crippen LogP) is 5.56. The fourth-order valence-corrected chi connectivity index (χ4v) is 7.39. The number of amides is 1. The molecule has 0 bridgehead atoms. The van der Waals surface area contributed by atoms with Crippen LogP contribution in [0.1, 0.15) is 25.3 Å². The number of carbonyl (C=O) groups is 2. The van der Waals surface area contributed by atoms with E-state index in [1.54, 1.807) is 54.6 Å². The molecule has 4 aromatic rings. The van der Waals surface area contributed by atoms with E-state index in [1.165, 1.54) is 19.1 Å². The molecule has 1 aliphatic heterocycles. The summed E-state index contributed by atoms with van der Waals surface area (Å²) in [6.07, 6.45) is 0.764. The molecule has 1 aliphatic rings. The van der Waals surface area contributed by atoms with E-state index in [-0.39, 0.29) is 17.9 Å². The molecule has 8 nitrogen and oxygen atoms in total. The number of nitrogens with zero attached hydrogens (tertiary/aromatic N) is 2. The van der Waals surface area contributed by atoms with Crippen molar-refractivity contribution in [3.63, 3.8) is 0 Å². The first-order chi connectivity index (χ1) is 19.5. The number of rotatable bonds is 8. The van der Waals surface area contributed by atoms with Crippen molar-refractivity contribution in [3.8, 4) is 11.3 Å². The second-order valence-electron chi connectivity index (χ2n) is 10.2. The second-order valence-corrected chi connectivity index (χ2v) is 12.9. The van der Waals surface area contributed by atoms with Crippen molar-refractivity contribution in [1.29, 1.82) is 0 Å². The van der Waals surface area contributed by atoms with Gasteiger partial charge in [0.15, 0.2) is 0 Å². The summed E-state index contributed by atoms with van der Waals surface area (Å²) < 4.78 is 27.6. The van der Waals surface area contributed by atoms with Gasteiger partial charge in [-0.05, 0) is 67.8 Å². The Bertz CT molecular complexity index is 1730. The molecule has 1 unspecified atom stereocenters. The summed E-state index contributed by atoms with van der Waals surface area (Å²) in [6, 6.07) is 21.1. The maximum Gasteiger partial charge on any atom is 0.329 e. The average Bonchev–Trinajstić information content (AvgIpc) is 3.45. The summed E-state index contributed by atoms with van der Waals surface area (Å²) in [5, 5.41) is 14.5. The van der Waals surface area contributed by atoms with Crippen molar-refractivity contribution >= 4 is 56.0 Å². The third kappa shape index (κ3) is 5.81. The van der Waals surface area contributed by atoms with Gasteiger partial charge in [-0.3, -0.25) is 4.79 Å². The number of fused-ring (bicyclic) bond motifs is 1. The number of carboxylic acid groups (broad SMARTS) is 1. The number of carboxylic acids is 1. The summed E-state index contributed by atoms with van der Waals surface area (Å²) in [6.45, 7) is 1.60. The summed E-state index contributed by atoms with van der Waals surface area (Å²) >= 11 is 12.7. The van der Waals surface area contributed by atoms with Crippen LogP contribution in [0.15, 0.2) is 83.8 Å². The number of pyridine rings is 1. The van der Waals surface area contributed by atoms with Gasteiger partial charge in [-0.15, -0.1) is 0 Å². The molecular weight excluding hydrogens is 585 g/mol. The molecule has 2 atom stereocenters. The van der Waals surface area contributed by atoms with Gasteiger partial charge in [-0.2, -0.15) is 4.31 Å².